The van der Waals surface area contributed by atoms with Crippen molar-refractivity contribution in [1.82, 2.24) is 14.4 Å². The van der Waals surface area contributed by atoms with Crippen LogP contribution in [0.25, 0.3) is 15.7 Å². The number of hydrogen-bond donors (Lipinski definition) is 0. The van der Waals surface area contributed by atoms with Crippen LogP contribution in [0, 0.1) is 12.7 Å². The van der Waals surface area contributed by atoms with Crippen molar-refractivity contribution in [2.75, 3.05) is 11.4 Å². The van der Waals surface area contributed by atoms with Crippen LogP contribution in [0.2, 0.25) is 0 Å². The van der Waals surface area contributed by atoms with E-state index in [1.807, 2.05) is 19.2 Å². The van der Waals surface area contributed by atoms with Crippen molar-refractivity contribution in [3.63, 3.8) is 0 Å². The average Bonchev–Trinajstić information content (AvgIpc) is 3.27. The number of aromatic nitrogens is 3. The van der Waals surface area contributed by atoms with Gasteiger partial charge < -0.3 is 4.90 Å². The second kappa shape index (κ2) is 7.21. The molecule has 0 saturated heterocycles. The molecule has 5 nitrogen and oxygen atoms in total. The van der Waals surface area contributed by atoms with Crippen molar-refractivity contribution in [1.29, 1.82) is 0 Å². The SMILES string of the molecule is CCN(Cc1cc(=O)n2c(-c3nccs3)c(C)sc2n1)c1ccc(F)cc1. The molecule has 0 radical (unpaired) electrons. The highest BCUT2D eigenvalue weighted by Gasteiger charge is 2.17. The summed E-state index contributed by atoms with van der Waals surface area (Å²) in [5.41, 5.74) is 2.30. The van der Waals surface area contributed by atoms with Gasteiger partial charge in [-0.05, 0) is 38.1 Å². The summed E-state index contributed by atoms with van der Waals surface area (Å²) in [6.07, 6.45) is 1.73. The third-order valence-corrected chi connectivity index (χ3v) is 6.04. The summed E-state index contributed by atoms with van der Waals surface area (Å²) < 4.78 is 14.8. The minimum absolute atomic E-state index is 0.111. The number of anilines is 1. The Hall–Kier alpha value is -2.58. The number of nitrogens with zero attached hydrogens (tertiary/aromatic N) is 4. The zero-order valence-electron chi connectivity index (χ0n) is 14.8. The summed E-state index contributed by atoms with van der Waals surface area (Å²) in [6, 6.07) is 7.92. The fourth-order valence-electron chi connectivity index (χ4n) is 3.02. The van der Waals surface area contributed by atoms with Crippen molar-refractivity contribution in [3.8, 4) is 10.7 Å². The molecular weight excluding hydrogens is 383 g/mol. The van der Waals surface area contributed by atoms with E-state index in [9.17, 15) is 9.18 Å². The van der Waals surface area contributed by atoms with E-state index in [-0.39, 0.29) is 11.4 Å². The minimum atomic E-state index is -0.267. The Morgan fingerprint density at radius 3 is 2.70 bits per heavy atom. The quantitative estimate of drug-likeness (QED) is 0.500. The molecule has 8 heteroatoms. The second-order valence-corrected chi connectivity index (χ2v) is 8.11. The van der Waals surface area contributed by atoms with Crippen LogP contribution in [0.1, 0.15) is 17.5 Å². The van der Waals surface area contributed by atoms with Gasteiger partial charge in [0.1, 0.15) is 16.5 Å². The summed E-state index contributed by atoms with van der Waals surface area (Å²) in [5.74, 6) is -0.267. The van der Waals surface area contributed by atoms with Gasteiger partial charge in [-0.1, -0.05) is 0 Å². The molecule has 0 aliphatic heterocycles. The first-order valence-corrected chi connectivity index (χ1v) is 10.2. The van der Waals surface area contributed by atoms with E-state index in [0.717, 1.165) is 27.8 Å². The summed E-state index contributed by atoms with van der Waals surface area (Å²) in [4.78, 5) is 25.6. The van der Waals surface area contributed by atoms with E-state index in [1.165, 1.54) is 34.8 Å². The lowest BCUT2D eigenvalue weighted by Crippen LogP contribution is -2.24. The first-order chi connectivity index (χ1) is 13.1. The molecule has 4 rings (SSSR count). The fraction of sp³-hybridized carbons (Fsp3) is 0.211. The van der Waals surface area contributed by atoms with Crippen LogP contribution in [-0.2, 0) is 6.54 Å². The van der Waals surface area contributed by atoms with Gasteiger partial charge in [0.2, 0.25) is 0 Å². The fourth-order valence-corrected chi connectivity index (χ4v) is 4.81. The number of fused-ring (bicyclic) bond motifs is 1. The third-order valence-electron chi connectivity index (χ3n) is 4.30. The van der Waals surface area contributed by atoms with Crippen molar-refractivity contribution in [2.45, 2.75) is 20.4 Å². The van der Waals surface area contributed by atoms with Crippen LogP contribution in [0.15, 0.2) is 46.7 Å². The number of benzene rings is 1. The molecule has 0 N–H and O–H groups in total. The molecule has 0 bridgehead atoms. The first kappa shape index (κ1) is 17.8. The molecule has 4 aromatic rings. The van der Waals surface area contributed by atoms with Crippen LogP contribution < -0.4 is 10.5 Å². The molecule has 138 valence electrons. The monoisotopic (exact) mass is 400 g/mol. The maximum atomic E-state index is 13.2. The van der Waals surface area contributed by atoms with Crippen LogP contribution in [0.5, 0.6) is 0 Å². The Balaban J connectivity index is 1.73. The Morgan fingerprint density at radius 2 is 2.04 bits per heavy atom. The number of hydrogen-bond acceptors (Lipinski definition) is 6. The number of rotatable bonds is 5. The standard InChI is InChI=1S/C19H17FN4OS2/c1-3-23(15-6-4-13(20)5-7-15)11-14-10-16(25)24-17(18-21-8-9-26-18)12(2)27-19(24)22-14/h4-10H,3,11H2,1-2H3. The van der Waals surface area contributed by atoms with Gasteiger partial charge in [-0.15, -0.1) is 22.7 Å². The molecule has 0 fully saturated rings. The summed E-state index contributed by atoms with van der Waals surface area (Å²) in [6.45, 7) is 5.20. The van der Waals surface area contributed by atoms with Crippen molar-refractivity contribution >= 4 is 33.3 Å². The van der Waals surface area contributed by atoms with Crippen LogP contribution in [0.4, 0.5) is 10.1 Å². The van der Waals surface area contributed by atoms with Gasteiger partial charge >= 0.3 is 0 Å². The lowest BCUT2D eigenvalue weighted by Gasteiger charge is -2.22. The molecule has 0 atom stereocenters. The Bertz CT molecular complexity index is 1130. The predicted octanol–water partition coefficient (Wildman–Crippen LogP) is 4.35. The molecule has 27 heavy (non-hydrogen) atoms. The molecule has 3 heterocycles. The van der Waals surface area contributed by atoms with Gasteiger partial charge in [-0.2, -0.15) is 0 Å². The molecule has 0 aliphatic carbocycles. The Labute approximate surface area is 163 Å². The lowest BCUT2D eigenvalue weighted by atomic mass is 10.2. The highest BCUT2D eigenvalue weighted by molar-refractivity contribution is 7.18. The first-order valence-electron chi connectivity index (χ1n) is 8.49. The van der Waals surface area contributed by atoms with Gasteiger partial charge in [-0.25, -0.2) is 18.8 Å². The number of aryl methyl sites for hydroxylation is 1. The molecule has 1 aromatic carbocycles. The van der Waals surface area contributed by atoms with Gasteiger partial charge in [0.15, 0.2) is 4.96 Å². The average molecular weight is 401 g/mol. The maximum Gasteiger partial charge on any atom is 0.259 e. The second-order valence-electron chi connectivity index (χ2n) is 6.04. The van der Waals surface area contributed by atoms with E-state index in [4.69, 9.17) is 4.98 Å². The zero-order valence-corrected chi connectivity index (χ0v) is 16.5. The smallest absolute Gasteiger partial charge is 0.259 e. The molecule has 0 aliphatic rings. The summed E-state index contributed by atoms with van der Waals surface area (Å²) >= 11 is 2.99. The number of thiazole rings is 2. The molecule has 0 amide bonds. The van der Waals surface area contributed by atoms with Crippen LogP contribution in [0.3, 0.4) is 0 Å². The molecule has 0 spiro atoms. The minimum Gasteiger partial charge on any atom is -0.366 e. The van der Waals surface area contributed by atoms with E-state index in [2.05, 4.69) is 9.88 Å². The van der Waals surface area contributed by atoms with E-state index in [1.54, 1.807) is 28.8 Å². The lowest BCUT2D eigenvalue weighted by molar-refractivity contribution is 0.627. The molecule has 3 aromatic heterocycles. The summed E-state index contributed by atoms with van der Waals surface area (Å²) in [7, 11) is 0. The normalized spacial score (nSPS) is 11.2. The van der Waals surface area contributed by atoms with Crippen molar-refractivity contribution < 1.29 is 4.39 Å². The van der Waals surface area contributed by atoms with E-state index in [0.29, 0.717) is 17.2 Å². The van der Waals surface area contributed by atoms with Crippen molar-refractivity contribution in [2.24, 2.45) is 0 Å². The van der Waals surface area contributed by atoms with Crippen molar-refractivity contribution in [3.05, 3.63) is 68.7 Å². The Morgan fingerprint density at radius 1 is 1.26 bits per heavy atom. The maximum absolute atomic E-state index is 13.2. The highest BCUT2D eigenvalue weighted by Crippen LogP contribution is 2.30. The predicted molar refractivity (Wildman–Crippen MR) is 108 cm³/mol. The van der Waals surface area contributed by atoms with Gasteiger partial charge in [0.25, 0.3) is 5.56 Å². The van der Waals surface area contributed by atoms with Gasteiger partial charge in [0, 0.05) is 34.8 Å². The summed E-state index contributed by atoms with van der Waals surface area (Å²) in [5, 5.41) is 2.71. The highest BCUT2D eigenvalue weighted by atomic mass is 32.1. The van der Waals surface area contributed by atoms with E-state index >= 15 is 0 Å². The third kappa shape index (κ3) is 3.38. The van der Waals surface area contributed by atoms with Gasteiger partial charge in [0.05, 0.1) is 12.2 Å². The Kier molecular flexibility index (Phi) is 4.75. The van der Waals surface area contributed by atoms with Crippen LogP contribution >= 0.6 is 22.7 Å². The van der Waals surface area contributed by atoms with E-state index < -0.39 is 0 Å². The molecule has 0 unspecified atom stereocenters. The van der Waals surface area contributed by atoms with Gasteiger partial charge in [-0.3, -0.25) is 4.79 Å². The zero-order chi connectivity index (χ0) is 19.0. The number of halogens is 1. The molecular formula is C19H17FN4OS2. The largest absolute Gasteiger partial charge is 0.366 e. The van der Waals surface area contributed by atoms with Crippen LogP contribution in [-0.4, -0.2) is 20.9 Å². The topological polar surface area (TPSA) is 50.5 Å². The molecule has 0 saturated carbocycles.